The number of thiazole rings is 1. The number of rotatable bonds is 5. The minimum Gasteiger partial charge on any atom is -0.316 e. The Bertz CT molecular complexity index is 291. The fourth-order valence-electron chi connectivity index (χ4n) is 2.24. The highest BCUT2D eigenvalue weighted by atomic mass is 32.1. The van der Waals surface area contributed by atoms with Gasteiger partial charge in [0, 0.05) is 31.4 Å². The molecule has 0 radical (unpaired) electrons. The maximum atomic E-state index is 4.28. The van der Waals surface area contributed by atoms with Crippen LogP contribution in [0.4, 0.5) is 0 Å². The van der Waals surface area contributed by atoms with Crippen LogP contribution in [-0.4, -0.2) is 31.2 Å². The quantitative estimate of drug-likeness (QED) is 0.767. The summed E-state index contributed by atoms with van der Waals surface area (Å²) >= 11 is 1.68. The second-order valence-corrected chi connectivity index (χ2v) is 5.72. The molecule has 1 aromatic rings. The van der Waals surface area contributed by atoms with E-state index in [1.165, 1.54) is 25.1 Å². The van der Waals surface area contributed by atoms with Gasteiger partial charge in [0.15, 0.2) is 0 Å². The summed E-state index contributed by atoms with van der Waals surface area (Å²) in [6.45, 7) is 6.86. The van der Waals surface area contributed by atoms with E-state index in [2.05, 4.69) is 27.9 Å². The van der Waals surface area contributed by atoms with Gasteiger partial charge in [-0.25, -0.2) is 4.98 Å². The smallest absolute Gasteiger partial charge is 0.0794 e. The van der Waals surface area contributed by atoms with Gasteiger partial charge < -0.3 is 10.6 Å². The van der Waals surface area contributed by atoms with Crippen molar-refractivity contribution in [2.24, 2.45) is 5.41 Å². The van der Waals surface area contributed by atoms with E-state index in [1.54, 1.807) is 11.3 Å². The normalized spacial score (nSPS) is 25.8. The molecule has 1 aliphatic heterocycles. The summed E-state index contributed by atoms with van der Waals surface area (Å²) in [6, 6.07) is 0. The molecular formula is C12H21N3S. The van der Waals surface area contributed by atoms with Gasteiger partial charge >= 0.3 is 0 Å². The number of nitrogens with one attached hydrogen (secondary N) is 2. The third-order valence-corrected chi connectivity index (χ3v) is 3.91. The fraction of sp³-hybridized carbons (Fsp3) is 0.750. The van der Waals surface area contributed by atoms with Crippen molar-refractivity contribution in [2.45, 2.75) is 26.2 Å². The molecule has 2 N–H and O–H groups in total. The van der Waals surface area contributed by atoms with E-state index in [0.29, 0.717) is 5.41 Å². The third-order valence-electron chi connectivity index (χ3n) is 3.28. The molecule has 0 aliphatic carbocycles. The lowest BCUT2D eigenvalue weighted by Crippen LogP contribution is -2.44. The van der Waals surface area contributed by atoms with Crippen LogP contribution in [-0.2, 0) is 6.42 Å². The lowest BCUT2D eigenvalue weighted by molar-refractivity contribution is 0.227. The van der Waals surface area contributed by atoms with E-state index in [0.717, 1.165) is 26.1 Å². The van der Waals surface area contributed by atoms with Crippen LogP contribution in [0.5, 0.6) is 0 Å². The molecule has 1 unspecified atom stereocenters. The monoisotopic (exact) mass is 239 g/mol. The Hall–Kier alpha value is -0.450. The summed E-state index contributed by atoms with van der Waals surface area (Å²) in [6.07, 6.45) is 3.70. The molecule has 1 atom stereocenters. The van der Waals surface area contributed by atoms with E-state index in [1.807, 2.05) is 5.51 Å². The molecule has 2 heterocycles. The molecule has 90 valence electrons. The molecule has 0 aromatic carbocycles. The molecule has 1 saturated heterocycles. The Morgan fingerprint density at radius 2 is 2.56 bits per heavy atom. The van der Waals surface area contributed by atoms with Crippen LogP contribution in [0.1, 0.15) is 25.5 Å². The first-order chi connectivity index (χ1) is 7.79. The van der Waals surface area contributed by atoms with Gasteiger partial charge in [0.25, 0.3) is 0 Å². The van der Waals surface area contributed by atoms with Crippen LogP contribution >= 0.6 is 11.3 Å². The highest BCUT2D eigenvalue weighted by molar-refractivity contribution is 7.07. The second-order valence-electron chi connectivity index (χ2n) is 5.00. The minimum absolute atomic E-state index is 0.445. The first-order valence-corrected chi connectivity index (χ1v) is 7.01. The summed E-state index contributed by atoms with van der Waals surface area (Å²) in [5.74, 6) is 0. The zero-order valence-electron chi connectivity index (χ0n) is 9.96. The lowest BCUT2D eigenvalue weighted by Gasteiger charge is -2.34. The van der Waals surface area contributed by atoms with Crippen molar-refractivity contribution in [1.82, 2.24) is 15.6 Å². The summed E-state index contributed by atoms with van der Waals surface area (Å²) in [5, 5.41) is 9.17. The molecular weight excluding hydrogens is 218 g/mol. The van der Waals surface area contributed by atoms with Crippen molar-refractivity contribution in [3.8, 4) is 0 Å². The predicted octanol–water partition coefficient (Wildman–Crippen LogP) is 1.66. The highest BCUT2D eigenvalue weighted by Gasteiger charge is 2.25. The van der Waals surface area contributed by atoms with Crippen LogP contribution in [0.25, 0.3) is 0 Å². The topological polar surface area (TPSA) is 37.0 Å². The standard InChI is InChI=1S/C12H21N3S/c1-12(4-2-5-13-8-12)9-14-6-3-11-7-16-10-15-11/h7,10,13-14H,2-6,8-9H2,1H3. The van der Waals surface area contributed by atoms with Crippen molar-refractivity contribution in [3.05, 3.63) is 16.6 Å². The van der Waals surface area contributed by atoms with Gasteiger partial charge in [-0.2, -0.15) is 0 Å². The van der Waals surface area contributed by atoms with Crippen LogP contribution in [0.3, 0.4) is 0 Å². The molecule has 2 rings (SSSR count). The van der Waals surface area contributed by atoms with Gasteiger partial charge in [-0.15, -0.1) is 11.3 Å². The Morgan fingerprint density at radius 3 is 3.25 bits per heavy atom. The number of nitrogens with zero attached hydrogens (tertiary/aromatic N) is 1. The molecule has 0 spiro atoms. The summed E-state index contributed by atoms with van der Waals surface area (Å²) < 4.78 is 0. The first kappa shape index (κ1) is 12.0. The van der Waals surface area contributed by atoms with Gasteiger partial charge in [0.1, 0.15) is 0 Å². The van der Waals surface area contributed by atoms with E-state index in [4.69, 9.17) is 0 Å². The average Bonchev–Trinajstić information content (AvgIpc) is 2.78. The largest absolute Gasteiger partial charge is 0.316 e. The van der Waals surface area contributed by atoms with E-state index < -0.39 is 0 Å². The Balaban J connectivity index is 1.63. The van der Waals surface area contributed by atoms with E-state index in [-0.39, 0.29) is 0 Å². The number of hydrogen-bond acceptors (Lipinski definition) is 4. The molecule has 1 aliphatic rings. The molecule has 4 heteroatoms. The molecule has 0 saturated carbocycles. The van der Waals surface area contributed by atoms with Gasteiger partial charge in [-0.05, 0) is 24.8 Å². The van der Waals surface area contributed by atoms with Gasteiger partial charge in [0.05, 0.1) is 11.2 Å². The highest BCUT2D eigenvalue weighted by Crippen LogP contribution is 2.23. The molecule has 0 bridgehead atoms. The zero-order valence-corrected chi connectivity index (χ0v) is 10.8. The van der Waals surface area contributed by atoms with Gasteiger partial charge in [-0.3, -0.25) is 0 Å². The van der Waals surface area contributed by atoms with Gasteiger partial charge in [0.2, 0.25) is 0 Å². The minimum atomic E-state index is 0.445. The summed E-state index contributed by atoms with van der Waals surface area (Å²) in [4.78, 5) is 4.28. The van der Waals surface area contributed by atoms with Crippen LogP contribution in [0.2, 0.25) is 0 Å². The van der Waals surface area contributed by atoms with E-state index in [9.17, 15) is 0 Å². The second kappa shape index (κ2) is 5.75. The van der Waals surface area contributed by atoms with Crippen molar-refractivity contribution in [2.75, 3.05) is 26.2 Å². The van der Waals surface area contributed by atoms with E-state index >= 15 is 0 Å². The van der Waals surface area contributed by atoms with Crippen molar-refractivity contribution in [1.29, 1.82) is 0 Å². The maximum Gasteiger partial charge on any atom is 0.0794 e. The molecule has 3 nitrogen and oxygen atoms in total. The molecule has 16 heavy (non-hydrogen) atoms. The van der Waals surface area contributed by atoms with Gasteiger partial charge in [-0.1, -0.05) is 6.92 Å². The number of aromatic nitrogens is 1. The zero-order chi connectivity index (χ0) is 11.3. The van der Waals surface area contributed by atoms with Crippen LogP contribution < -0.4 is 10.6 Å². The fourth-order valence-corrected chi connectivity index (χ4v) is 2.83. The summed E-state index contributed by atoms with van der Waals surface area (Å²) in [5.41, 5.74) is 3.56. The Labute approximate surface area is 102 Å². The molecule has 1 aromatic heterocycles. The number of hydrogen-bond donors (Lipinski definition) is 2. The lowest BCUT2D eigenvalue weighted by atomic mass is 9.83. The van der Waals surface area contributed by atoms with Crippen molar-refractivity contribution >= 4 is 11.3 Å². The maximum absolute atomic E-state index is 4.28. The van der Waals surface area contributed by atoms with Crippen molar-refractivity contribution < 1.29 is 0 Å². The summed E-state index contributed by atoms with van der Waals surface area (Å²) in [7, 11) is 0. The van der Waals surface area contributed by atoms with Crippen LogP contribution in [0, 0.1) is 5.41 Å². The SMILES string of the molecule is CC1(CNCCc2cscn2)CCCNC1. The third kappa shape index (κ3) is 3.54. The molecule has 0 amide bonds. The Morgan fingerprint density at radius 1 is 1.62 bits per heavy atom. The average molecular weight is 239 g/mol. The Kier molecular flexibility index (Phi) is 4.32. The first-order valence-electron chi connectivity index (χ1n) is 6.07. The number of piperidine rings is 1. The van der Waals surface area contributed by atoms with Crippen molar-refractivity contribution in [3.63, 3.8) is 0 Å². The molecule has 1 fully saturated rings. The van der Waals surface area contributed by atoms with Crippen LogP contribution in [0.15, 0.2) is 10.9 Å². The predicted molar refractivity (Wildman–Crippen MR) is 68.9 cm³/mol.